The van der Waals surface area contributed by atoms with E-state index in [9.17, 15) is 0 Å². The third kappa shape index (κ3) is 1.43. The Labute approximate surface area is 52.6 Å². The van der Waals surface area contributed by atoms with Gasteiger partial charge in [0.25, 0.3) is 0 Å². The summed E-state index contributed by atoms with van der Waals surface area (Å²) >= 11 is 0. The van der Waals surface area contributed by atoms with E-state index < -0.39 is 0 Å². The Morgan fingerprint density at radius 3 is 3.11 bits per heavy atom. The minimum Gasteiger partial charge on any atom is -0.423 e. The highest BCUT2D eigenvalue weighted by Crippen LogP contribution is 2.04. The van der Waals surface area contributed by atoms with Gasteiger partial charge in [-0.1, -0.05) is 0 Å². The van der Waals surface area contributed by atoms with Crippen molar-refractivity contribution in [3.8, 4) is 0 Å². The van der Waals surface area contributed by atoms with Crippen LogP contribution in [0.3, 0.4) is 0 Å². The van der Waals surface area contributed by atoms with E-state index in [2.05, 4.69) is 4.98 Å². The number of ether oxygens (including phenoxy) is 1. The van der Waals surface area contributed by atoms with Crippen LogP contribution in [0.25, 0.3) is 0 Å². The first-order valence-corrected chi connectivity index (χ1v) is 2.52. The zero-order valence-electron chi connectivity index (χ0n) is 5.13. The summed E-state index contributed by atoms with van der Waals surface area (Å²) in [6, 6.07) is 0. The monoisotopic (exact) mass is 128 g/mol. The maximum absolute atomic E-state index is 5.22. The van der Waals surface area contributed by atoms with Crippen molar-refractivity contribution in [1.82, 2.24) is 4.98 Å². The van der Waals surface area contributed by atoms with Crippen LogP contribution in [0.15, 0.2) is 10.6 Å². The molecular weight excluding hydrogens is 120 g/mol. The number of rotatable bonds is 2. The van der Waals surface area contributed by atoms with Crippen LogP contribution in [-0.2, 0) is 11.3 Å². The van der Waals surface area contributed by atoms with Crippen molar-refractivity contribution in [2.24, 2.45) is 0 Å². The predicted molar refractivity (Wildman–Crippen MR) is 31.6 cm³/mol. The Morgan fingerprint density at radius 2 is 2.67 bits per heavy atom. The molecule has 0 unspecified atom stereocenters. The molecule has 0 aromatic carbocycles. The van der Waals surface area contributed by atoms with Crippen LogP contribution in [0, 0.1) is 0 Å². The highest BCUT2D eigenvalue weighted by molar-refractivity contribution is 5.17. The van der Waals surface area contributed by atoms with Gasteiger partial charge in [-0.05, 0) is 0 Å². The average molecular weight is 128 g/mol. The van der Waals surface area contributed by atoms with Crippen molar-refractivity contribution in [2.75, 3.05) is 12.8 Å². The number of methoxy groups -OCH3 is 1. The molecule has 0 amide bonds. The molecule has 1 rings (SSSR count). The molecule has 0 atom stereocenters. The number of nitrogens with two attached hydrogens (primary N) is 1. The highest BCUT2D eigenvalue weighted by atomic mass is 16.5. The molecule has 1 heterocycles. The summed E-state index contributed by atoms with van der Waals surface area (Å²) in [6.45, 7) is 0.372. The van der Waals surface area contributed by atoms with Crippen molar-refractivity contribution >= 4 is 5.88 Å². The van der Waals surface area contributed by atoms with E-state index in [0.717, 1.165) is 0 Å². The molecule has 0 aliphatic carbocycles. The number of nitrogens with zero attached hydrogens (tertiary/aromatic N) is 1. The number of anilines is 1. The molecule has 0 fully saturated rings. The molecule has 1 aromatic rings. The van der Waals surface area contributed by atoms with E-state index in [-0.39, 0.29) is 0 Å². The summed E-state index contributed by atoms with van der Waals surface area (Å²) in [7, 11) is 1.57. The molecule has 9 heavy (non-hydrogen) atoms. The topological polar surface area (TPSA) is 61.3 Å². The number of hydrogen-bond acceptors (Lipinski definition) is 4. The van der Waals surface area contributed by atoms with Crippen LogP contribution in [0.5, 0.6) is 0 Å². The average Bonchev–Trinajstić information content (AvgIpc) is 2.17. The minimum absolute atomic E-state index is 0.321. The SMILES string of the molecule is COCc1ncc(N)o1. The molecule has 1 aromatic heterocycles. The molecule has 0 radical (unpaired) electrons. The first-order chi connectivity index (χ1) is 4.33. The molecule has 50 valence electrons. The van der Waals surface area contributed by atoms with Crippen molar-refractivity contribution < 1.29 is 9.15 Å². The lowest BCUT2D eigenvalue weighted by atomic mass is 10.7. The van der Waals surface area contributed by atoms with Gasteiger partial charge in [0, 0.05) is 7.11 Å². The maximum atomic E-state index is 5.22. The number of nitrogen functional groups attached to an aromatic ring is 1. The molecule has 0 spiro atoms. The van der Waals surface area contributed by atoms with Gasteiger partial charge in [0.1, 0.15) is 6.61 Å². The quantitative estimate of drug-likeness (QED) is 0.626. The molecular formula is C5H8N2O2. The lowest BCUT2D eigenvalue weighted by Crippen LogP contribution is -1.85. The highest BCUT2D eigenvalue weighted by Gasteiger charge is 1.96. The summed E-state index contributed by atoms with van der Waals surface area (Å²) < 4.78 is 9.59. The van der Waals surface area contributed by atoms with Crippen LogP contribution >= 0.6 is 0 Å². The van der Waals surface area contributed by atoms with Crippen molar-refractivity contribution in [3.05, 3.63) is 12.1 Å². The van der Waals surface area contributed by atoms with Gasteiger partial charge in [0.15, 0.2) is 0 Å². The summed E-state index contributed by atoms with van der Waals surface area (Å²) in [4.78, 5) is 3.79. The van der Waals surface area contributed by atoms with Gasteiger partial charge in [-0.25, -0.2) is 4.98 Å². The summed E-state index contributed by atoms with van der Waals surface area (Å²) in [5.74, 6) is 0.831. The van der Waals surface area contributed by atoms with Crippen LogP contribution in [0.1, 0.15) is 5.89 Å². The minimum atomic E-state index is 0.321. The Hall–Kier alpha value is -1.03. The molecule has 0 aliphatic heterocycles. The van der Waals surface area contributed by atoms with E-state index in [1.54, 1.807) is 7.11 Å². The van der Waals surface area contributed by atoms with Gasteiger partial charge in [0.2, 0.25) is 11.8 Å². The normalized spacial score (nSPS) is 9.89. The predicted octanol–water partition coefficient (Wildman–Crippen LogP) is 0.403. The molecule has 4 heteroatoms. The summed E-state index contributed by atoms with van der Waals surface area (Å²) in [5.41, 5.74) is 5.22. The lowest BCUT2D eigenvalue weighted by molar-refractivity contribution is 0.160. The largest absolute Gasteiger partial charge is 0.423 e. The standard InChI is InChI=1S/C5H8N2O2/c1-8-3-5-7-2-4(6)9-5/h2H,3,6H2,1H3. The fourth-order valence-electron chi connectivity index (χ4n) is 0.515. The first kappa shape index (κ1) is 6.10. The fourth-order valence-corrected chi connectivity index (χ4v) is 0.515. The van der Waals surface area contributed by atoms with E-state index in [4.69, 9.17) is 14.9 Å². The fraction of sp³-hybridized carbons (Fsp3) is 0.400. The van der Waals surface area contributed by atoms with Gasteiger partial charge in [-0.2, -0.15) is 0 Å². The van der Waals surface area contributed by atoms with Crippen LogP contribution in [0.4, 0.5) is 5.88 Å². The van der Waals surface area contributed by atoms with E-state index in [1.165, 1.54) is 6.20 Å². The summed E-state index contributed by atoms with van der Waals surface area (Å²) in [5, 5.41) is 0. The molecule has 0 bridgehead atoms. The number of oxazole rings is 1. The smallest absolute Gasteiger partial charge is 0.222 e. The zero-order valence-corrected chi connectivity index (χ0v) is 5.13. The van der Waals surface area contributed by atoms with Gasteiger partial charge in [-0.3, -0.25) is 0 Å². The van der Waals surface area contributed by atoms with Crippen LogP contribution < -0.4 is 5.73 Å². The third-order valence-electron chi connectivity index (χ3n) is 0.839. The Bertz CT molecular complexity index is 185. The van der Waals surface area contributed by atoms with Crippen molar-refractivity contribution in [1.29, 1.82) is 0 Å². The van der Waals surface area contributed by atoms with Gasteiger partial charge in [-0.15, -0.1) is 0 Å². The first-order valence-electron chi connectivity index (χ1n) is 2.52. The second kappa shape index (κ2) is 2.50. The summed E-state index contributed by atoms with van der Waals surface area (Å²) in [6.07, 6.45) is 1.45. The Morgan fingerprint density at radius 1 is 1.89 bits per heavy atom. The van der Waals surface area contributed by atoms with E-state index >= 15 is 0 Å². The second-order valence-electron chi connectivity index (χ2n) is 1.59. The van der Waals surface area contributed by atoms with Crippen molar-refractivity contribution in [2.45, 2.75) is 6.61 Å². The van der Waals surface area contributed by atoms with Gasteiger partial charge in [0.05, 0.1) is 6.20 Å². The Kier molecular flexibility index (Phi) is 1.69. The zero-order chi connectivity index (χ0) is 6.69. The van der Waals surface area contributed by atoms with E-state index in [1.807, 2.05) is 0 Å². The maximum Gasteiger partial charge on any atom is 0.222 e. The molecule has 0 saturated carbocycles. The lowest BCUT2D eigenvalue weighted by Gasteiger charge is -1.88. The van der Waals surface area contributed by atoms with Crippen LogP contribution in [0.2, 0.25) is 0 Å². The number of aromatic nitrogens is 1. The van der Waals surface area contributed by atoms with Crippen LogP contribution in [-0.4, -0.2) is 12.1 Å². The molecule has 2 N–H and O–H groups in total. The van der Waals surface area contributed by atoms with Gasteiger partial charge < -0.3 is 14.9 Å². The molecule has 0 aliphatic rings. The van der Waals surface area contributed by atoms with E-state index in [0.29, 0.717) is 18.4 Å². The third-order valence-corrected chi connectivity index (χ3v) is 0.839. The molecule has 4 nitrogen and oxygen atoms in total. The van der Waals surface area contributed by atoms with Crippen molar-refractivity contribution in [3.63, 3.8) is 0 Å². The number of hydrogen-bond donors (Lipinski definition) is 1. The van der Waals surface area contributed by atoms with Gasteiger partial charge >= 0.3 is 0 Å². The molecule has 0 saturated heterocycles. The Balaban J connectivity index is 2.61. The second-order valence-corrected chi connectivity index (χ2v) is 1.59.